The molecule has 0 fully saturated rings. The topological polar surface area (TPSA) is 57.9 Å². The highest BCUT2D eigenvalue weighted by molar-refractivity contribution is 7.11. The van der Waals surface area contributed by atoms with Crippen LogP contribution in [-0.4, -0.2) is 12.1 Å². The van der Waals surface area contributed by atoms with E-state index in [9.17, 15) is 14.0 Å². The second-order valence-electron chi connectivity index (χ2n) is 5.20. The Kier molecular flexibility index (Phi) is 5.25. The highest BCUT2D eigenvalue weighted by Gasteiger charge is 2.10. The van der Waals surface area contributed by atoms with Crippen LogP contribution in [0.3, 0.4) is 0 Å². The van der Waals surface area contributed by atoms with Crippen LogP contribution in [0.5, 0.6) is 5.75 Å². The summed E-state index contributed by atoms with van der Waals surface area (Å²) in [6.45, 7) is 0. The first kappa shape index (κ1) is 17.6. The summed E-state index contributed by atoms with van der Waals surface area (Å²) in [4.78, 5) is 4.45. The van der Waals surface area contributed by atoms with Gasteiger partial charge < -0.3 is 10.1 Å². The lowest BCUT2D eigenvalue weighted by atomic mass is 10.2. The monoisotopic (exact) mass is 369 g/mol. The van der Waals surface area contributed by atoms with E-state index in [4.69, 9.17) is 4.74 Å². The zero-order valence-corrected chi connectivity index (χ0v) is 14.5. The Bertz CT molecular complexity index is 991. The van der Waals surface area contributed by atoms with Crippen molar-refractivity contribution in [3.8, 4) is 23.1 Å². The number of rotatable bonds is 5. The molecule has 1 heterocycles. The molecule has 0 bridgehead atoms. The zero-order valence-electron chi connectivity index (χ0n) is 13.7. The maximum Gasteiger partial charge on any atom is 0.149 e. The van der Waals surface area contributed by atoms with Crippen LogP contribution in [0.2, 0.25) is 0 Å². The summed E-state index contributed by atoms with van der Waals surface area (Å²) in [6, 6.07) is 12.6. The fraction of sp³-hybridized carbons (Fsp3) is 0.0526. The summed E-state index contributed by atoms with van der Waals surface area (Å²) in [5, 5.41) is 14.4. The Balaban J connectivity index is 1.82. The fourth-order valence-electron chi connectivity index (χ4n) is 2.19. The van der Waals surface area contributed by atoms with Gasteiger partial charge in [0.2, 0.25) is 0 Å². The molecule has 0 saturated carbocycles. The summed E-state index contributed by atoms with van der Waals surface area (Å²) < 4.78 is 31.7. The highest BCUT2D eigenvalue weighted by Crippen LogP contribution is 2.27. The molecule has 7 heteroatoms. The van der Waals surface area contributed by atoms with Gasteiger partial charge in [0.15, 0.2) is 0 Å². The van der Waals surface area contributed by atoms with Crippen LogP contribution in [-0.2, 0) is 0 Å². The molecule has 0 aliphatic heterocycles. The average Bonchev–Trinajstić information content (AvgIpc) is 3.14. The van der Waals surface area contributed by atoms with Gasteiger partial charge in [-0.1, -0.05) is 0 Å². The van der Waals surface area contributed by atoms with Gasteiger partial charge in [0.1, 0.15) is 34.0 Å². The number of halogens is 2. The van der Waals surface area contributed by atoms with Crippen molar-refractivity contribution in [2.75, 3.05) is 12.4 Å². The molecule has 0 radical (unpaired) electrons. The quantitative estimate of drug-likeness (QED) is 0.638. The van der Waals surface area contributed by atoms with Crippen molar-refractivity contribution in [1.82, 2.24) is 4.98 Å². The van der Waals surface area contributed by atoms with E-state index in [2.05, 4.69) is 10.3 Å². The second kappa shape index (κ2) is 7.76. The van der Waals surface area contributed by atoms with Crippen molar-refractivity contribution in [3.05, 3.63) is 70.7 Å². The van der Waals surface area contributed by atoms with Gasteiger partial charge in [0.05, 0.1) is 18.5 Å². The standard InChI is InChI=1S/C19H13F2N3OS/c1-25-15-5-2-12(3-6-15)18-11-26-19(24-18)13(9-22)10-23-17-7-4-14(20)8-16(17)21/h2-8,10-11,23H,1H3/b13-10+. The summed E-state index contributed by atoms with van der Waals surface area (Å²) in [5.41, 5.74) is 1.94. The van der Waals surface area contributed by atoms with E-state index in [-0.39, 0.29) is 11.3 Å². The molecule has 3 aromatic rings. The van der Waals surface area contributed by atoms with Crippen molar-refractivity contribution >= 4 is 22.6 Å². The first-order valence-electron chi connectivity index (χ1n) is 7.53. The average molecular weight is 369 g/mol. The van der Waals surface area contributed by atoms with Crippen molar-refractivity contribution < 1.29 is 13.5 Å². The number of nitrogens with one attached hydrogen (secondary N) is 1. The van der Waals surface area contributed by atoms with E-state index in [1.807, 2.05) is 35.7 Å². The van der Waals surface area contributed by atoms with Gasteiger partial charge >= 0.3 is 0 Å². The maximum atomic E-state index is 13.7. The van der Waals surface area contributed by atoms with E-state index < -0.39 is 11.6 Å². The van der Waals surface area contributed by atoms with Crippen LogP contribution >= 0.6 is 11.3 Å². The minimum Gasteiger partial charge on any atom is -0.497 e. The van der Waals surface area contributed by atoms with Crippen LogP contribution < -0.4 is 10.1 Å². The van der Waals surface area contributed by atoms with Crippen LogP contribution in [0.4, 0.5) is 14.5 Å². The number of anilines is 1. The zero-order chi connectivity index (χ0) is 18.5. The number of aromatic nitrogens is 1. The number of methoxy groups -OCH3 is 1. The molecule has 1 N–H and O–H groups in total. The second-order valence-corrected chi connectivity index (χ2v) is 6.06. The molecule has 0 atom stereocenters. The fourth-order valence-corrected chi connectivity index (χ4v) is 2.98. The number of nitrogens with zero attached hydrogens (tertiary/aromatic N) is 2. The first-order valence-corrected chi connectivity index (χ1v) is 8.41. The lowest BCUT2D eigenvalue weighted by Gasteiger charge is -2.03. The largest absolute Gasteiger partial charge is 0.497 e. The molecule has 1 aromatic heterocycles. The van der Waals surface area contributed by atoms with E-state index in [0.29, 0.717) is 5.01 Å². The van der Waals surface area contributed by atoms with Gasteiger partial charge in [-0.15, -0.1) is 11.3 Å². The number of nitriles is 1. The van der Waals surface area contributed by atoms with Gasteiger partial charge in [0.25, 0.3) is 0 Å². The molecule has 0 spiro atoms. The van der Waals surface area contributed by atoms with Gasteiger partial charge in [-0.2, -0.15) is 5.26 Å². The third-order valence-corrected chi connectivity index (χ3v) is 4.42. The molecule has 0 amide bonds. The van der Waals surface area contributed by atoms with Crippen molar-refractivity contribution in [1.29, 1.82) is 5.26 Å². The minimum absolute atomic E-state index is 0.0751. The van der Waals surface area contributed by atoms with Crippen molar-refractivity contribution in [2.45, 2.75) is 0 Å². The number of thiazole rings is 1. The molecular weight excluding hydrogens is 356 g/mol. The Hall–Kier alpha value is -3.24. The molecule has 0 aliphatic rings. The third-order valence-electron chi connectivity index (χ3n) is 3.54. The van der Waals surface area contributed by atoms with Crippen LogP contribution in [0.1, 0.15) is 5.01 Å². The van der Waals surface area contributed by atoms with E-state index >= 15 is 0 Å². The Morgan fingerprint density at radius 1 is 1.23 bits per heavy atom. The molecule has 4 nitrogen and oxygen atoms in total. The number of hydrogen-bond donors (Lipinski definition) is 1. The third kappa shape index (κ3) is 3.87. The summed E-state index contributed by atoms with van der Waals surface area (Å²) in [7, 11) is 1.59. The SMILES string of the molecule is COc1ccc(-c2csc(/C(C#N)=C/Nc3ccc(F)cc3F)n2)cc1. The van der Waals surface area contributed by atoms with E-state index in [1.54, 1.807) is 7.11 Å². The predicted molar refractivity (Wildman–Crippen MR) is 97.7 cm³/mol. The van der Waals surface area contributed by atoms with Crippen LogP contribution in [0.25, 0.3) is 16.8 Å². The van der Waals surface area contributed by atoms with Crippen LogP contribution in [0.15, 0.2) is 54.0 Å². The van der Waals surface area contributed by atoms with Crippen LogP contribution in [0, 0.1) is 23.0 Å². The van der Waals surface area contributed by atoms with Crippen molar-refractivity contribution in [2.24, 2.45) is 0 Å². The lowest BCUT2D eigenvalue weighted by Crippen LogP contribution is -1.94. The van der Waals surface area contributed by atoms with Crippen molar-refractivity contribution in [3.63, 3.8) is 0 Å². The number of benzene rings is 2. The Morgan fingerprint density at radius 3 is 2.65 bits per heavy atom. The molecular formula is C19H13F2N3OS. The molecule has 26 heavy (non-hydrogen) atoms. The normalized spacial score (nSPS) is 11.1. The molecule has 3 rings (SSSR count). The predicted octanol–water partition coefficient (Wildman–Crippen LogP) is 5.07. The summed E-state index contributed by atoms with van der Waals surface area (Å²) >= 11 is 1.30. The first-order chi connectivity index (χ1) is 12.6. The summed E-state index contributed by atoms with van der Waals surface area (Å²) in [5.74, 6) is -0.662. The molecule has 0 aliphatic carbocycles. The summed E-state index contributed by atoms with van der Waals surface area (Å²) in [6.07, 6.45) is 1.35. The van der Waals surface area contributed by atoms with E-state index in [0.717, 1.165) is 29.1 Å². The maximum absolute atomic E-state index is 13.7. The minimum atomic E-state index is -0.739. The Morgan fingerprint density at radius 2 is 2.00 bits per heavy atom. The number of allylic oxidation sites excluding steroid dienone is 1. The molecule has 0 unspecified atom stereocenters. The molecule has 0 saturated heterocycles. The molecule has 130 valence electrons. The number of hydrogen-bond acceptors (Lipinski definition) is 5. The van der Waals surface area contributed by atoms with Gasteiger partial charge in [-0.3, -0.25) is 0 Å². The van der Waals surface area contributed by atoms with Gasteiger partial charge in [-0.05, 0) is 36.4 Å². The number of ether oxygens (including phenoxy) is 1. The lowest BCUT2D eigenvalue weighted by molar-refractivity contribution is 0.415. The van der Waals surface area contributed by atoms with E-state index in [1.165, 1.54) is 23.6 Å². The van der Waals surface area contributed by atoms with Gasteiger partial charge in [-0.25, -0.2) is 13.8 Å². The highest BCUT2D eigenvalue weighted by atomic mass is 32.1. The molecule has 2 aromatic carbocycles. The van der Waals surface area contributed by atoms with Gasteiger partial charge in [0, 0.05) is 23.2 Å². The smallest absolute Gasteiger partial charge is 0.149 e. The Labute approximate surface area is 153 Å².